The molecule has 0 saturated heterocycles. The van der Waals surface area contributed by atoms with Crippen LogP contribution in [0.4, 0.5) is 0 Å². The van der Waals surface area contributed by atoms with Crippen molar-refractivity contribution in [3.8, 4) is 0 Å². The molecule has 0 amide bonds. The lowest BCUT2D eigenvalue weighted by Crippen LogP contribution is -2.28. The summed E-state index contributed by atoms with van der Waals surface area (Å²) < 4.78 is 0. The van der Waals surface area contributed by atoms with Crippen LogP contribution in [0, 0.1) is 20.8 Å². The van der Waals surface area contributed by atoms with Gasteiger partial charge in [-0.25, -0.2) is 0 Å². The van der Waals surface area contributed by atoms with E-state index < -0.39 is 0 Å². The van der Waals surface area contributed by atoms with Crippen molar-refractivity contribution in [3.05, 3.63) is 34.4 Å². The Labute approximate surface area is 112 Å². The van der Waals surface area contributed by atoms with Crippen molar-refractivity contribution in [1.82, 2.24) is 4.90 Å². The molecule has 2 nitrogen and oxygen atoms in total. The van der Waals surface area contributed by atoms with Crippen molar-refractivity contribution in [3.63, 3.8) is 0 Å². The summed E-state index contributed by atoms with van der Waals surface area (Å²) in [5, 5.41) is 9.16. The van der Waals surface area contributed by atoms with Gasteiger partial charge in [-0.1, -0.05) is 31.0 Å². The minimum absolute atomic E-state index is 0.244. The van der Waals surface area contributed by atoms with Gasteiger partial charge < -0.3 is 5.11 Å². The maximum atomic E-state index is 9.16. The van der Waals surface area contributed by atoms with Gasteiger partial charge in [-0.2, -0.15) is 0 Å². The number of benzene rings is 1. The predicted octanol–water partition coefficient (Wildman–Crippen LogP) is 3.21. The molecule has 2 heteroatoms. The maximum absolute atomic E-state index is 9.16. The normalized spacial score (nSPS) is 11.2. The number of nitrogens with zero attached hydrogens (tertiary/aromatic N) is 1. The molecule has 1 aromatic carbocycles. The van der Waals surface area contributed by atoms with Crippen LogP contribution >= 0.6 is 0 Å². The molecule has 1 rings (SSSR count). The Kier molecular flexibility index (Phi) is 6.37. The minimum Gasteiger partial charge on any atom is -0.395 e. The van der Waals surface area contributed by atoms with E-state index in [1.54, 1.807) is 0 Å². The fourth-order valence-corrected chi connectivity index (χ4v) is 2.48. The second-order valence-electron chi connectivity index (χ2n) is 5.23. The molecular weight excluding hydrogens is 222 g/mol. The van der Waals surface area contributed by atoms with E-state index in [9.17, 15) is 0 Å². The van der Waals surface area contributed by atoms with Crippen molar-refractivity contribution >= 4 is 0 Å². The fourth-order valence-electron chi connectivity index (χ4n) is 2.48. The maximum Gasteiger partial charge on any atom is 0.0558 e. The summed E-state index contributed by atoms with van der Waals surface area (Å²) in [6.07, 6.45) is 2.40. The minimum atomic E-state index is 0.244. The van der Waals surface area contributed by atoms with E-state index in [1.807, 2.05) is 0 Å². The fraction of sp³-hybridized carbons (Fsp3) is 0.625. The van der Waals surface area contributed by atoms with Gasteiger partial charge in [0.2, 0.25) is 0 Å². The Morgan fingerprint density at radius 1 is 1.06 bits per heavy atom. The second-order valence-corrected chi connectivity index (χ2v) is 5.23. The Hall–Kier alpha value is -0.860. The van der Waals surface area contributed by atoms with Crippen LogP contribution in [0.5, 0.6) is 0 Å². The van der Waals surface area contributed by atoms with Crippen molar-refractivity contribution in [2.24, 2.45) is 0 Å². The summed E-state index contributed by atoms with van der Waals surface area (Å²) in [6.45, 7) is 11.8. The Bertz CT molecular complexity index is 350. The summed E-state index contributed by atoms with van der Waals surface area (Å²) >= 11 is 0. The van der Waals surface area contributed by atoms with Crippen LogP contribution in [0.2, 0.25) is 0 Å². The van der Waals surface area contributed by atoms with Crippen LogP contribution in [-0.4, -0.2) is 29.7 Å². The van der Waals surface area contributed by atoms with E-state index in [-0.39, 0.29) is 6.61 Å². The molecule has 0 aromatic heterocycles. The predicted molar refractivity (Wildman–Crippen MR) is 77.9 cm³/mol. The SMILES string of the molecule is CCCCN(CCO)Cc1c(C)cc(C)cc1C. The molecule has 0 spiro atoms. The molecule has 0 aliphatic heterocycles. The molecule has 1 aromatic rings. The number of rotatable bonds is 7. The average molecular weight is 249 g/mol. The zero-order valence-corrected chi connectivity index (χ0v) is 12.3. The number of aryl methyl sites for hydroxylation is 3. The van der Waals surface area contributed by atoms with Crippen molar-refractivity contribution in [2.75, 3.05) is 19.7 Å². The van der Waals surface area contributed by atoms with E-state index in [2.05, 4.69) is 44.7 Å². The first kappa shape index (κ1) is 15.2. The topological polar surface area (TPSA) is 23.5 Å². The molecular formula is C16H27NO. The zero-order valence-electron chi connectivity index (χ0n) is 12.3. The first-order chi connectivity index (χ1) is 8.58. The van der Waals surface area contributed by atoms with Crippen molar-refractivity contribution in [2.45, 2.75) is 47.1 Å². The van der Waals surface area contributed by atoms with E-state index in [4.69, 9.17) is 5.11 Å². The van der Waals surface area contributed by atoms with Gasteiger partial charge in [-0.05, 0) is 50.4 Å². The molecule has 0 unspecified atom stereocenters. The van der Waals surface area contributed by atoms with Gasteiger partial charge in [0.1, 0.15) is 0 Å². The van der Waals surface area contributed by atoms with Gasteiger partial charge in [0, 0.05) is 13.1 Å². The highest BCUT2D eigenvalue weighted by molar-refractivity contribution is 5.37. The van der Waals surface area contributed by atoms with Gasteiger partial charge in [-0.3, -0.25) is 4.90 Å². The summed E-state index contributed by atoms with van der Waals surface area (Å²) in [5.74, 6) is 0. The van der Waals surface area contributed by atoms with Crippen LogP contribution < -0.4 is 0 Å². The number of hydrogen-bond donors (Lipinski definition) is 1. The molecule has 0 atom stereocenters. The number of unbranched alkanes of at least 4 members (excludes halogenated alkanes) is 1. The quantitative estimate of drug-likeness (QED) is 0.802. The molecule has 102 valence electrons. The van der Waals surface area contributed by atoms with Crippen molar-refractivity contribution < 1.29 is 5.11 Å². The van der Waals surface area contributed by atoms with Gasteiger partial charge >= 0.3 is 0 Å². The zero-order chi connectivity index (χ0) is 13.5. The largest absolute Gasteiger partial charge is 0.395 e. The van der Waals surface area contributed by atoms with Crippen LogP contribution in [0.15, 0.2) is 12.1 Å². The molecule has 0 saturated carbocycles. The summed E-state index contributed by atoms with van der Waals surface area (Å²) in [4.78, 5) is 2.36. The Balaban J connectivity index is 2.79. The van der Waals surface area contributed by atoms with Gasteiger partial charge in [0.15, 0.2) is 0 Å². The monoisotopic (exact) mass is 249 g/mol. The molecule has 0 fully saturated rings. The van der Waals surface area contributed by atoms with Crippen LogP contribution in [0.3, 0.4) is 0 Å². The standard InChI is InChI=1S/C16H27NO/c1-5-6-7-17(8-9-18)12-16-14(3)10-13(2)11-15(16)4/h10-11,18H,5-9,12H2,1-4H3. The first-order valence-corrected chi connectivity index (χ1v) is 6.98. The third kappa shape index (κ3) is 4.43. The third-order valence-corrected chi connectivity index (χ3v) is 3.47. The molecule has 0 bridgehead atoms. The van der Waals surface area contributed by atoms with E-state index in [0.717, 1.165) is 19.6 Å². The third-order valence-electron chi connectivity index (χ3n) is 3.47. The second kappa shape index (κ2) is 7.55. The lowest BCUT2D eigenvalue weighted by atomic mass is 9.99. The van der Waals surface area contributed by atoms with Crippen LogP contribution in [-0.2, 0) is 6.54 Å². The Morgan fingerprint density at radius 3 is 2.17 bits per heavy atom. The highest BCUT2D eigenvalue weighted by atomic mass is 16.3. The van der Waals surface area contributed by atoms with Crippen LogP contribution in [0.1, 0.15) is 42.0 Å². The number of hydrogen-bond acceptors (Lipinski definition) is 2. The lowest BCUT2D eigenvalue weighted by molar-refractivity contribution is 0.188. The summed E-state index contributed by atoms with van der Waals surface area (Å²) in [7, 11) is 0. The summed E-state index contributed by atoms with van der Waals surface area (Å²) in [5.41, 5.74) is 5.49. The van der Waals surface area contributed by atoms with E-state index in [1.165, 1.54) is 35.1 Å². The average Bonchev–Trinajstić information content (AvgIpc) is 2.30. The van der Waals surface area contributed by atoms with E-state index in [0.29, 0.717) is 0 Å². The van der Waals surface area contributed by atoms with Gasteiger partial charge in [-0.15, -0.1) is 0 Å². The first-order valence-electron chi connectivity index (χ1n) is 6.98. The molecule has 18 heavy (non-hydrogen) atoms. The van der Waals surface area contributed by atoms with E-state index >= 15 is 0 Å². The highest BCUT2D eigenvalue weighted by Gasteiger charge is 2.09. The highest BCUT2D eigenvalue weighted by Crippen LogP contribution is 2.18. The number of aliphatic hydroxyl groups excluding tert-OH is 1. The molecule has 1 N–H and O–H groups in total. The lowest BCUT2D eigenvalue weighted by Gasteiger charge is -2.23. The molecule has 0 heterocycles. The molecule has 0 aliphatic rings. The molecule has 0 radical (unpaired) electrons. The summed E-state index contributed by atoms with van der Waals surface area (Å²) in [6, 6.07) is 4.50. The molecule has 0 aliphatic carbocycles. The Morgan fingerprint density at radius 2 is 1.67 bits per heavy atom. The smallest absolute Gasteiger partial charge is 0.0558 e. The van der Waals surface area contributed by atoms with Gasteiger partial charge in [0.05, 0.1) is 6.61 Å². The van der Waals surface area contributed by atoms with Gasteiger partial charge in [0.25, 0.3) is 0 Å². The van der Waals surface area contributed by atoms with Crippen molar-refractivity contribution in [1.29, 1.82) is 0 Å². The van der Waals surface area contributed by atoms with Crippen LogP contribution in [0.25, 0.3) is 0 Å². The number of aliphatic hydroxyl groups is 1.